The second-order valence-electron chi connectivity index (χ2n) is 5.61. The number of hydrogen-bond acceptors (Lipinski definition) is 2. The van der Waals surface area contributed by atoms with Gasteiger partial charge in [0, 0.05) is 30.8 Å². The normalized spacial score (nSPS) is 12.2. The van der Waals surface area contributed by atoms with Gasteiger partial charge in [-0.25, -0.2) is 0 Å². The van der Waals surface area contributed by atoms with E-state index in [9.17, 15) is 0 Å². The van der Waals surface area contributed by atoms with E-state index in [-0.39, 0.29) is 5.60 Å². The van der Waals surface area contributed by atoms with E-state index < -0.39 is 0 Å². The molecule has 0 radical (unpaired) electrons. The van der Waals surface area contributed by atoms with E-state index in [0.29, 0.717) is 6.54 Å². The van der Waals surface area contributed by atoms with Gasteiger partial charge in [0.05, 0.1) is 5.60 Å². The molecule has 104 valence electrons. The van der Waals surface area contributed by atoms with Crippen LogP contribution in [0.2, 0.25) is 0 Å². The molecule has 2 rings (SSSR count). The monoisotopic (exact) mass is 260 g/mol. The van der Waals surface area contributed by atoms with E-state index in [2.05, 4.69) is 48.9 Å². The fourth-order valence-corrected chi connectivity index (χ4v) is 2.35. The highest BCUT2D eigenvalue weighted by atomic mass is 16.5. The number of benzene rings is 1. The van der Waals surface area contributed by atoms with Crippen LogP contribution in [0.3, 0.4) is 0 Å². The van der Waals surface area contributed by atoms with Gasteiger partial charge in [-0.3, -0.25) is 0 Å². The number of ether oxygens (including phenoxy) is 1. The van der Waals surface area contributed by atoms with Crippen molar-refractivity contribution >= 4 is 10.9 Å². The molecule has 0 spiro atoms. The predicted octanol–water partition coefficient (Wildman–Crippen LogP) is 2.96. The first-order valence-corrected chi connectivity index (χ1v) is 6.89. The Morgan fingerprint density at radius 1 is 1.26 bits per heavy atom. The summed E-state index contributed by atoms with van der Waals surface area (Å²) in [5.74, 6) is 0. The quantitative estimate of drug-likeness (QED) is 0.867. The molecule has 0 atom stereocenters. The van der Waals surface area contributed by atoms with Crippen molar-refractivity contribution in [3.8, 4) is 0 Å². The van der Waals surface area contributed by atoms with Crippen LogP contribution in [0.5, 0.6) is 0 Å². The van der Waals surface area contributed by atoms with E-state index >= 15 is 0 Å². The Hall–Kier alpha value is -1.32. The smallest absolute Gasteiger partial charge is 0.0639 e. The zero-order valence-electron chi connectivity index (χ0n) is 12.1. The fourth-order valence-electron chi connectivity index (χ4n) is 2.35. The Morgan fingerprint density at radius 2 is 2.05 bits per heavy atom. The van der Waals surface area contributed by atoms with Crippen LogP contribution in [0, 0.1) is 0 Å². The first-order chi connectivity index (χ1) is 9.07. The third kappa shape index (κ3) is 3.17. The van der Waals surface area contributed by atoms with Crippen molar-refractivity contribution < 1.29 is 4.74 Å². The van der Waals surface area contributed by atoms with Crippen molar-refractivity contribution in [2.75, 3.05) is 13.7 Å². The van der Waals surface area contributed by atoms with E-state index in [1.165, 1.54) is 16.5 Å². The van der Waals surface area contributed by atoms with Crippen LogP contribution in [0.1, 0.15) is 25.8 Å². The Morgan fingerprint density at radius 3 is 2.74 bits per heavy atom. The summed E-state index contributed by atoms with van der Waals surface area (Å²) in [6, 6.07) is 8.65. The Bertz CT molecular complexity index is 543. The number of methoxy groups -OCH3 is 1. The van der Waals surface area contributed by atoms with Gasteiger partial charge in [0.1, 0.15) is 0 Å². The van der Waals surface area contributed by atoms with Crippen LogP contribution >= 0.6 is 0 Å². The zero-order chi connectivity index (χ0) is 13.9. The molecule has 0 fully saturated rings. The molecule has 1 heterocycles. The number of rotatable bonds is 6. The first kappa shape index (κ1) is 14.1. The fraction of sp³-hybridized carbons (Fsp3) is 0.500. The summed E-state index contributed by atoms with van der Waals surface area (Å²) in [6.45, 7) is 5.91. The minimum atomic E-state index is -0.0779. The average Bonchev–Trinajstić information content (AvgIpc) is 2.81. The predicted molar refractivity (Wildman–Crippen MR) is 80.4 cm³/mol. The molecule has 0 aliphatic rings. The van der Waals surface area contributed by atoms with Crippen LogP contribution in [-0.2, 0) is 17.7 Å². The summed E-state index contributed by atoms with van der Waals surface area (Å²) in [5, 5.41) is 1.32. The lowest BCUT2D eigenvalue weighted by molar-refractivity contribution is 0.0123. The summed E-state index contributed by atoms with van der Waals surface area (Å²) >= 11 is 0. The molecule has 0 unspecified atom stereocenters. The van der Waals surface area contributed by atoms with Crippen LogP contribution in [-0.4, -0.2) is 23.8 Å². The number of aryl methyl sites for hydroxylation is 1. The standard InChI is InChI=1S/C16H24N2O/c1-16(2,19-3)9-12-18-11-8-14-13(7-10-17)5-4-6-15(14)18/h4-6,8,11H,7,9-10,12,17H2,1-3H3. The van der Waals surface area contributed by atoms with Gasteiger partial charge in [-0.2, -0.15) is 0 Å². The molecule has 3 nitrogen and oxygen atoms in total. The zero-order valence-corrected chi connectivity index (χ0v) is 12.1. The number of aromatic nitrogens is 1. The summed E-state index contributed by atoms with van der Waals surface area (Å²) in [5.41, 5.74) is 8.22. The van der Waals surface area contributed by atoms with Gasteiger partial charge in [-0.05, 0) is 50.9 Å². The topological polar surface area (TPSA) is 40.2 Å². The minimum absolute atomic E-state index is 0.0779. The van der Waals surface area contributed by atoms with Crippen molar-refractivity contribution in [1.29, 1.82) is 0 Å². The molecule has 1 aromatic heterocycles. The first-order valence-electron chi connectivity index (χ1n) is 6.89. The van der Waals surface area contributed by atoms with E-state index in [0.717, 1.165) is 19.4 Å². The second kappa shape index (κ2) is 5.76. The molecule has 3 heteroatoms. The Balaban J connectivity index is 2.23. The summed E-state index contributed by atoms with van der Waals surface area (Å²) in [7, 11) is 1.77. The molecule has 2 N–H and O–H groups in total. The Labute approximate surface area is 115 Å². The lowest BCUT2D eigenvalue weighted by Crippen LogP contribution is -2.24. The maximum absolute atomic E-state index is 5.67. The van der Waals surface area contributed by atoms with Gasteiger partial charge in [-0.15, -0.1) is 0 Å². The third-order valence-corrected chi connectivity index (χ3v) is 3.83. The molecule has 0 aliphatic carbocycles. The minimum Gasteiger partial charge on any atom is -0.379 e. The highest BCUT2D eigenvalue weighted by molar-refractivity contribution is 5.83. The van der Waals surface area contributed by atoms with Crippen LogP contribution < -0.4 is 5.73 Å². The molecule has 2 aromatic rings. The Kier molecular flexibility index (Phi) is 4.27. The molecule has 1 aromatic carbocycles. The van der Waals surface area contributed by atoms with Crippen LogP contribution in [0.25, 0.3) is 10.9 Å². The molecule has 0 bridgehead atoms. The highest BCUT2D eigenvalue weighted by Gasteiger charge is 2.16. The molecule has 0 saturated carbocycles. The summed E-state index contributed by atoms with van der Waals surface area (Å²) < 4.78 is 7.78. The largest absolute Gasteiger partial charge is 0.379 e. The lowest BCUT2D eigenvalue weighted by atomic mass is 10.1. The van der Waals surface area contributed by atoms with Gasteiger partial charge in [0.2, 0.25) is 0 Å². The summed E-state index contributed by atoms with van der Waals surface area (Å²) in [6.07, 6.45) is 4.09. The number of nitrogens with zero attached hydrogens (tertiary/aromatic N) is 1. The van der Waals surface area contributed by atoms with Gasteiger partial charge >= 0.3 is 0 Å². The van der Waals surface area contributed by atoms with E-state index in [1.54, 1.807) is 7.11 Å². The van der Waals surface area contributed by atoms with E-state index in [4.69, 9.17) is 10.5 Å². The number of nitrogens with two attached hydrogens (primary N) is 1. The molecule has 0 aliphatic heterocycles. The van der Waals surface area contributed by atoms with Crippen LogP contribution in [0.4, 0.5) is 0 Å². The van der Waals surface area contributed by atoms with Crippen molar-refractivity contribution in [2.24, 2.45) is 5.73 Å². The number of fused-ring (bicyclic) bond motifs is 1. The maximum atomic E-state index is 5.67. The third-order valence-electron chi connectivity index (χ3n) is 3.83. The van der Waals surface area contributed by atoms with Gasteiger partial charge < -0.3 is 15.0 Å². The molecule has 0 saturated heterocycles. The van der Waals surface area contributed by atoms with E-state index in [1.807, 2.05) is 0 Å². The highest BCUT2D eigenvalue weighted by Crippen LogP contribution is 2.22. The average molecular weight is 260 g/mol. The van der Waals surface area contributed by atoms with Crippen molar-refractivity contribution in [1.82, 2.24) is 4.57 Å². The van der Waals surface area contributed by atoms with Crippen molar-refractivity contribution in [3.63, 3.8) is 0 Å². The SMILES string of the molecule is COC(C)(C)CCn1ccc2c(CCN)cccc21. The van der Waals surface area contributed by atoms with Crippen molar-refractivity contribution in [2.45, 2.75) is 38.8 Å². The summed E-state index contributed by atoms with van der Waals surface area (Å²) in [4.78, 5) is 0. The van der Waals surface area contributed by atoms with Gasteiger partial charge in [0.25, 0.3) is 0 Å². The molecular formula is C16H24N2O. The van der Waals surface area contributed by atoms with Gasteiger partial charge in [0.15, 0.2) is 0 Å². The molecular weight excluding hydrogens is 236 g/mol. The van der Waals surface area contributed by atoms with Crippen LogP contribution in [0.15, 0.2) is 30.5 Å². The van der Waals surface area contributed by atoms with Gasteiger partial charge in [-0.1, -0.05) is 12.1 Å². The lowest BCUT2D eigenvalue weighted by Gasteiger charge is -2.23. The second-order valence-corrected chi connectivity index (χ2v) is 5.61. The molecule has 19 heavy (non-hydrogen) atoms. The number of hydrogen-bond donors (Lipinski definition) is 1. The molecule has 0 amide bonds. The maximum Gasteiger partial charge on any atom is 0.0639 e. The van der Waals surface area contributed by atoms with Crippen molar-refractivity contribution in [3.05, 3.63) is 36.0 Å².